The number of fused-ring (bicyclic) bond motifs is 1. The topological polar surface area (TPSA) is 36.3 Å². The lowest BCUT2D eigenvalue weighted by molar-refractivity contribution is 0.298. The average Bonchev–Trinajstić information content (AvgIpc) is 3.04. The summed E-state index contributed by atoms with van der Waals surface area (Å²) in [7, 11) is 0. The highest BCUT2D eigenvalue weighted by atomic mass is 16.5. The second-order valence-corrected chi connectivity index (χ2v) is 5.11. The number of hydrogen-bond donors (Lipinski definition) is 0. The van der Waals surface area contributed by atoms with Gasteiger partial charge >= 0.3 is 0 Å². The van der Waals surface area contributed by atoms with Crippen molar-refractivity contribution >= 4 is 0 Å². The maximum absolute atomic E-state index is 9.05. The van der Waals surface area contributed by atoms with Crippen molar-refractivity contribution in [2.75, 3.05) is 19.7 Å². The summed E-state index contributed by atoms with van der Waals surface area (Å²) in [5.41, 5.74) is 2.70. The molecule has 1 unspecified atom stereocenters. The minimum atomic E-state index is 0.141. The Morgan fingerprint density at radius 1 is 1.44 bits per heavy atom. The van der Waals surface area contributed by atoms with Crippen molar-refractivity contribution in [2.24, 2.45) is 0 Å². The van der Waals surface area contributed by atoms with Gasteiger partial charge in [-0.05, 0) is 43.0 Å². The summed E-state index contributed by atoms with van der Waals surface area (Å²) in [5, 5.41) is 9.05. The monoisotopic (exact) mass is 242 g/mol. The molecule has 18 heavy (non-hydrogen) atoms. The molecule has 1 saturated heterocycles. The lowest BCUT2D eigenvalue weighted by Crippen LogP contribution is -2.30. The van der Waals surface area contributed by atoms with Crippen LogP contribution in [0.1, 0.15) is 24.0 Å². The van der Waals surface area contributed by atoms with Gasteiger partial charge in [0, 0.05) is 13.0 Å². The molecule has 3 nitrogen and oxygen atoms in total. The van der Waals surface area contributed by atoms with E-state index in [4.69, 9.17) is 10.00 Å². The molecule has 0 bridgehead atoms. The SMILES string of the molecule is N#CC1CCCN1CCc1ccc2c(c1)CCO2. The summed E-state index contributed by atoms with van der Waals surface area (Å²) in [6.07, 6.45) is 4.27. The Hall–Kier alpha value is -1.53. The van der Waals surface area contributed by atoms with Crippen molar-refractivity contribution in [3.8, 4) is 11.8 Å². The van der Waals surface area contributed by atoms with Crippen LogP contribution >= 0.6 is 0 Å². The molecule has 1 atom stereocenters. The second-order valence-electron chi connectivity index (χ2n) is 5.11. The highest BCUT2D eigenvalue weighted by molar-refractivity contribution is 5.39. The molecule has 1 fully saturated rings. The van der Waals surface area contributed by atoms with Crippen LogP contribution in [0.3, 0.4) is 0 Å². The summed E-state index contributed by atoms with van der Waals surface area (Å²) in [5.74, 6) is 1.05. The van der Waals surface area contributed by atoms with Gasteiger partial charge in [0.05, 0.1) is 18.7 Å². The molecule has 2 aliphatic rings. The van der Waals surface area contributed by atoms with Crippen molar-refractivity contribution < 1.29 is 4.74 Å². The van der Waals surface area contributed by atoms with Crippen LogP contribution in [0.5, 0.6) is 5.75 Å². The van der Waals surface area contributed by atoms with E-state index in [2.05, 4.69) is 29.2 Å². The number of nitrogens with zero attached hydrogens (tertiary/aromatic N) is 2. The molecule has 2 aliphatic heterocycles. The minimum absolute atomic E-state index is 0.141. The van der Waals surface area contributed by atoms with Gasteiger partial charge in [0.15, 0.2) is 0 Å². The van der Waals surface area contributed by atoms with E-state index < -0.39 is 0 Å². The van der Waals surface area contributed by atoms with Crippen LogP contribution in [-0.4, -0.2) is 30.6 Å². The molecule has 3 heteroatoms. The quantitative estimate of drug-likeness (QED) is 0.815. The van der Waals surface area contributed by atoms with Crippen LogP contribution in [0, 0.1) is 11.3 Å². The van der Waals surface area contributed by atoms with Gasteiger partial charge in [-0.3, -0.25) is 4.90 Å². The first-order chi connectivity index (χ1) is 8.86. The number of rotatable bonds is 3. The Morgan fingerprint density at radius 2 is 2.39 bits per heavy atom. The van der Waals surface area contributed by atoms with E-state index >= 15 is 0 Å². The molecule has 0 spiro atoms. The Kier molecular flexibility index (Phi) is 3.21. The molecular formula is C15H18N2O. The first-order valence-corrected chi connectivity index (χ1v) is 6.75. The van der Waals surface area contributed by atoms with Gasteiger partial charge in [-0.2, -0.15) is 5.26 Å². The van der Waals surface area contributed by atoms with Gasteiger partial charge in [-0.15, -0.1) is 0 Å². The normalized spacial score (nSPS) is 22.5. The number of ether oxygens (including phenoxy) is 1. The zero-order valence-corrected chi connectivity index (χ0v) is 10.6. The minimum Gasteiger partial charge on any atom is -0.493 e. The van der Waals surface area contributed by atoms with Gasteiger partial charge in [0.2, 0.25) is 0 Å². The fourth-order valence-corrected chi connectivity index (χ4v) is 2.91. The fraction of sp³-hybridized carbons (Fsp3) is 0.533. The van der Waals surface area contributed by atoms with Crippen LogP contribution < -0.4 is 4.74 Å². The highest BCUT2D eigenvalue weighted by Gasteiger charge is 2.23. The van der Waals surface area contributed by atoms with Crippen LogP contribution in [0.4, 0.5) is 0 Å². The van der Waals surface area contributed by atoms with Crippen LogP contribution in [0.15, 0.2) is 18.2 Å². The molecule has 0 N–H and O–H groups in total. The van der Waals surface area contributed by atoms with Gasteiger partial charge in [0.1, 0.15) is 5.75 Å². The molecule has 94 valence electrons. The Morgan fingerprint density at radius 3 is 3.28 bits per heavy atom. The molecule has 0 aromatic heterocycles. The predicted molar refractivity (Wildman–Crippen MR) is 69.6 cm³/mol. The summed E-state index contributed by atoms with van der Waals surface area (Å²) in [4.78, 5) is 2.31. The number of nitriles is 1. The Bertz CT molecular complexity index is 478. The molecule has 0 aliphatic carbocycles. The smallest absolute Gasteiger partial charge is 0.122 e. The largest absolute Gasteiger partial charge is 0.493 e. The molecule has 2 heterocycles. The number of hydrogen-bond acceptors (Lipinski definition) is 3. The van der Waals surface area contributed by atoms with E-state index in [1.807, 2.05) is 0 Å². The van der Waals surface area contributed by atoms with E-state index in [-0.39, 0.29) is 6.04 Å². The van der Waals surface area contributed by atoms with E-state index in [9.17, 15) is 0 Å². The van der Waals surface area contributed by atoms with Crippen LogP contribution in [0.25, 0.3) is 0 Å². The van der Waals surface area contributed by atoms with E-state index in [0.29, 0.717) is 0 Å². The first kappa shape index (κ1) is 11.6. The summed E-state index contributed by atoms with van der Waals surface area (Å²) < 4.78 is 5.51. The number of benzene rings is 1. The average molecular weight is 242 g/mol. The summed E-state index contributed by atoms with van der Waals surface area (Å²) in [6, 6.07) is 9.04. The predicted octanol–water partition coefficient (Wildman–Crippen LogP) is 2.15. The van der Waals surface area contributed by atoms with Crippen molar-refractivity contribution in [1.82, 2.24) is 4.90 Å². The first-order valence-electron chi connectivity index (χ1n) is 6.75. The highest BCUT2D eigenvalue weighted by Crippen LogP contribution is 2.26. The lowest BCUT2D eigenvalue weighted by atomic mass is 10.1. The standard InChI is InChI=1S/C15H18N2O/c16-11-14-2-1-7-17(14)8-5-12-3-4-15-13(10-12)6-9-18-15/h3-4,10,14H,1-2,5-9H2. The maximum Gasteiger partial charge on any atom is 0.122 e. The van der Waals surface area contributed by atoms with Crippen LogP contribution in [-0.2, 0) is 12.8 Å². The summed E-state index contributed by atoms with van der Waals surface area (Å²) >= 11 is 0. The number of likely N-dealkylation sites (tertiary alicyclic amines) is 1. The zero-order chi connectivity index (χ0) is 12.4. The molecule has 3 rings (SSSR count). The Balaban J connectivity index is 1.62. The molecule has 1 aromatic rings. The van der Waals surface area contributed by atoms with Crippen molar-refractivity contribution in [1.29, 1.82) is 5.26 Å². The third kappa shape index (κ3) is 2.21. The van der Waals surface area contributed by atoms with E-state index in [1.165, 1.54) is 11.1 Å². The summed E-state index contributed by atoms with van der Waals surface area (Å²) in [6.45, 7) is 2.89. The zero-order valence-electron chi connectivity index (χ0n) is 10.6. The third-order valence-electron chi connectivity index (χ3n) is 3.95. The molecule has 0 amide bonds. The van der Waals surface area contributed by atoms with Gasteiger partial charge in [-0.1, -0.05) is 12.1 Å². The van der Waals surface area contributed by atoms with E-state index in [1.54, 1.807) is 0 Å². The van der Waals surface area contributed by atoms with Crippen molar-refractivity contribution in [2.45, 2.75) is 31.7 Å². The fourth-order valence-electron chi connectivity index (χ4n) is 2.91. The maximum atomic E-state index is 9.05. The van der Waals surface area contributed by atoms with E-state index in [0.717, 1.165) is 51.1 Å². The Labute approximate surface area is 108 Å². The van der Waals surface area contributed by atoms with Crippen molar-refractivity contribution in [3.05, 3.63) is 29.3 Å². The molecule has 0 radical (unpaired) electrons. The lowest BCUT2D eigenvalue weighted by Gasteiger charge is -2.18. The second kappa shape index (κ2) is 4.99. The van der Waals surface area contributed by atoms with Gasteiger partial charge < -0.3 is 4.74 Å². The molecular weight excluding hydrogens is 224 g/mol. The van der Waals surface area contributed by atoms with Gasteiger partial charge in [-0.25, -0.2) is 0 Å². The third-order valence-corrected chi connectivity index (χ3v) is 3.95. The van der Waals surface area contributed by atoms with Crippen LogP contribution in [0.2, 0.25) is 0 Å². The molecule has 0 saturated carbocycles. The molecule has 1 aromatic carbocycles. The van der Waals surface area contributed by atoms with Gasteiger partial charge in [0.25, 0.3) is 0 Å². The van der Waals surface area contributed by atoms with Crippen molar-refractivity contribution in [3.63, 3.8) is 0 Å².